The fraction of sp³-hybridized carbons (Fsp3) is 0.267. The predicted octanol–water partition coefficient (Wildman–Crippen LogP) is 5.48. The topological polar surface area (TPSA) is 82.1 Å². The molecule has 7 heteroatoms. The van der Waals surface area contributed by atoms with Crippen LogP contribution in [0.2, 0.25) is 5.02 Å². The van der Waals surface area contributed by atoms with Gasteiger partial charge in [-0.15, -0.1) is 0 Å². The Morgan fingerprint density at radius 3 is 2.57 bits per heavy atom. The summed E-state index contributed by atoms with van der Waals surface area (Å²) in [6.07, 6.45) is 2.45. The number of hydrogen-bond donors (Lipinski definition) is 1. The summed E-state index contributed by atoms with van der Waals surface area (Å²) in [5.41, 5.74) is 2.52. The van der Waals surface area contributed by atoms with Crippen LogP contribution in [0.15, 0.2) is 91.0 Å². The SMILES string of the molecule is O=C1C[C@@H]2[C@@H](/C=C/C(O)COc3cccc(Cl)c3)[C@H](OC(=O)c3ccc(-c4ccccc4)cc3)C[C@@H]2O1. The number of carbonyl (C=O) groups excluding carboxylic acids is 2. The summed E-state index contributed by atoms with van der Waals surface area (Å²) < 4.78 is 17.0. The van der Waals surface area contributed by atoms with Crippen LogP contribution in [0.3, 0.4) is 0 Å². The van der Waals surface area contributed by atoms with Crippen LogP contribution in [0.1, 0.15) is 23.2 Å². The van der Waals surface area contributed by atoms with Crippen molar-refractivity contribution in [2.75, 3.05) is 6.61 Å². The van der Waals surface area contributed by atoms with Crippen LogP contribution in [-0.4, -0.2) is 42.0 Å². The molecule has 5 atom stereocenters. The Hall–Kier alpha value is -3.61. The van der Waals surface area contributed by atoms with E-state index >= 15 is 0 Å². The minimum Gasteiger partial charge on any atom is -0.491 e. The van der Waals surface area contributed by atoms with Crippen LogP contribution in [0.4, 0.5) is 0 Å². The van der Waals surface area contributed by atoms with Crippen molar-refractivity contribution in [1.29, 1.82) is 0 Å². The molecule has 1 saturated carbocycles. The quantitative estimate of drug-likeness (QED) is 0.314. The maximum atomic E-state index is 13.0. The normalized spacial score (nSPS) is 23.5. The predicted molar refractivity (Wildman–Crippen MR) is 139 cm³/mol. The van der Waals surface area contributed by atoms with E-state index < -0.39 is 18.2 Å². The maximum Gasteiger partial charge on any atom is 0.338 e. The smallest absolute Gasteiger partial charge is 0.338 e. The van der Waals surface area contributed by atoms with Crippen molar-refractivity contribution in [3.8, 4) is 16.9 Å². The van der Waals surface area contributed by atoms with Gasteiger partial charge in [-0.25, -0.2) is 4.79 Å². The first-order valence-electron chi connectivity index (χ1n) is 12.3. The lowest BCUT2D eigenvalue weighted by Gasteiger charge is -2.20. The zero-order chi connectivity index (χ0) is 25.8. The number of esters is 2. The lowest BCUT2D eigenvalue weighted by molar-refractivity contribution is -0.141. The summed E-state index contributed by atoms with van der Waals surface area (Å²) in [6.45, 7) is 0.0330. The molecule has 37 heavy (non-hydrogen) atoms. The second-order valence-corrected chi connectivity index (χ2v) is 9.75. The minimum absolute atomic E-state index is 0.0330. The molecule has 0 amide bonds. The fourth-order valence-electron chi connectivity index (χ4n) is 4.98. The molecular formula is C30H27ClO6. The molecular weight excluding hydrogens is 492 g/mol. The minimum atomic E-state index is -0.891. The van der Waals surface area contributed by atoms with Crippen molar-refractivity contribution in [2.45, 2.75) is 31.2 Å². The Kier molecular flexibility index (Phi) is 7.58. The summed E-state index contributed by atoms with van der Waals surface area (Å²) in [5.74, 6) is -0.493. The molecule has 1 N–H and O–H groups in total. The summed E-state index contributed by atoms with van der Waals surface area (Å²) in [4.78, 5) is 24.9. The molecule has 1 saturated heterocycles. The van der Waals surface area contributed by atoms with Gasteiger partial charge in [-0.3, -0.25) is 4.79 Å². The largest absolute Gasteiger partial charge is 0.491 e. The first kappa shape index (κ1) is 25.1. The second-order valence-electron chi connectivity index (χ2n) is 9.32. The van der Waals surface area contributed by atoms with Crippen molar-refractivity contribution in [3.05, 3.63) is 102 Å². The van der Waals surface area contributed by atoms with Crippen LogP contribution in [0, 0.1) is 11.8 Å². The van der Waals surface area contributed by atoms with Crippen molar-refractivity contribution in [1.82, 2.24) is 0 Å². The summed E-state index contributed by atoms with van der Waals surface area (Å²) in [6, 6.07) is 24.1. The zero-order valence-corrected chi connectivity index (χ0v) is 20.8. The summed E-state index contributed by atoms with van der Waals surface area (Å²) >= 11 is 5.97. The lowest BCUT2D eigenvalue weighted by atomic mass is 9.91. The molecule has 0 radical (unpaired) electrons. The number of rotatable bonds is 8. The highest BCUT2D eigenvalue weighted by atomic mass is 35.5. The van der Waals surface area contributed by atoms with E-state index in [0.717, 1.165) is 11.1 Å². The van der Waals surface area contributed by atoms with Gasteiger partial charge in [0, 0.05) is 23.3 Å². The van der Waals surface area contributed by atoms with Crippen LogP contribution >= 0.6 is 11.6 Å². The molecule has 6 nitrogen and oxygen atoms in total. The summed E-state index contributed by atoms with van der Waals surface area (Å²) in [7, 11) is 0. The van der Waals surface area contributed by atoms with E-state index in [9.17, 15) is 14.7 Å². The van der Waals surface area contributed by atoms with Gasteiger partial charge in [-0.05, 0) is 41.5 Å². The van der Waals surface area contributed by atoms with E-state index in [2.05, 4.69) is 0 Å². The zero-order valence-electron chi connectivity index (χ0n) is 20.0. The Bertz CT molecular complexity index is 1270. The molecule has 1 heterocycles. The Labute approximate surface area is 220 Å². The van der Waals surface area contributed by atoms with Crippen molar-refractivity contribution in [2.24, 2.45) is 11.8 Å². The highest BCUT2D eigenvalue weighted by Crippen LogP contribution is 2.43. The number of hydrogen-bond acceptors (Lipinski definition) is 6. The van der Waals surface area contributed by atoms with Gasteiger partial charge in [0.25, 0.3) is 0 Å². The number of aliphatic hydroxyl groups is 1. The molecule has 1 unspecified atom stereocenters. The average Bonchev–Trinajstić information content (AvgIpc) is 3.42. The van der Waals surface area contributed by atoms with E-state index in [1.807, 2.05) is 48.5 Å². The lowest BCUT2D eigenvalue weighted by Crippen LogP contribution is -2.25. The van der Waals surface area contributed by atoms with Crippen molar-refractivity contribution < 1.29 is 28.9 Å². The third-order valence-corrected chi connectivity index (χ3v) is 7.04. The average molecular weight is 519 g/mol. The van der Waals surface area contributed by atoms with E-state index in [0.29, 0.717) is 22.8 Å². The Morgan fingerprint density at radius 1 is 1.05 bits per heavy atom. The summed E-state index contributed by atoms with van der Waals surface area (Å²) in [5, 5.41) is 11.0. The third-order valence-electron chi connectivity index (χ3n) is 6.81. The Morgan fingerprint density at radius 2 is 1.81 bits per heavy atom. The van der Waals surface area contributed by atoms with Crippen LogP contribution in [0.5, 0.6) is 5.75 Å². The number of halogens is 1. The van der Waals surface area contributed by atoms with Gasteiger partial charge in [0.1, 0.15) is 30.7 Å². The molecule has 2 aliphatic rings. The molecule has 1 aliphatic carbocycles. The van der Waals surface area contributed by atoms with Crippen LogP contribution < -0.4 is 4.74 Å². The number of fused-ring (bicyclic) bond motifs is 1. The first-order chi connectivity index (χ1) is 18.0. The molecule has 0 aromatic heterocycles. The van der Waals surface area contributed by atoms with E-state index in [4.69, 9.17) is 25.8 Å². The maximum absolute atomic E-state index is 13.0. The van der Waals surface area contributed by atoms with Gasteiger partial charge >= 0.3 is 11.9 Å². The van der Waals surface area contributed by atoms with Gasteiger partial charge in [-0.1, -0.05) is 72.3 Å². The number of carbonyl (C=O) groups is 2. The fourth-order valence-corrected chi connectivity index (χ4v) is 5.16. The standard InChI is InChI=1S/C30H27ClO6/c31-22-7-4-8-24(15-22)35-18-23(32)13-14-25-26-16-29(33)36-28(26)17-27(25)37-30(34)21-11-9-20(10-12-21)19-5-2-1-3-6-19/h1-15,23,25-28,32H,16-18H2/b14-13+/t23?,25-,26-,27-,28+/m1/s1. The molecule has 3 aromatic rings. The van der Waals surface area contributed by atoms with Crippen molar-refractivity contribution >= 4 is 23.5 Å². The molecule has 190 valence electrons. The molecule has 3 aromatic carbocycles. The van der Waals surface area contributed by atoms with E-state index in [1.165, 1.54) is 0 Å². The van der Waals surface area contributed by atoms with Crippen LogP contribution in [0.25, 0.3) is 11.1 Å². The van der Waals surface area contributed by atoms with E-state index in [-0.39, 0.29) is 36.9 Å². The number of benzene rings is 3. The van der Waals surface area contributed by atoms with Gasteiger partial charge in [-0.2, -0.15) is 0 Å². The van der Waals surface area contributed by atoms with Crippen molar-refractivity contribution in [3.63, 3.8) is 0 Å². The molecule has 5 rings (SSSR count). The third kappa shape index (κ3) is 6.04. The van der Waals surface area contributed by atoms with Gasteiger partial charge in [0.05, 0.1) is 12.0 Å². The number of ether oxygens (including phenoxy) is 3. The molecule has 0 bridgehead atoms. The molecule has 0 spiro atoms. The molecule has 2 fully saturated rings. The highest BCUT2D eigenvalue weighted by Gasteiger charge is 2.50. The van der Waals surface area contributed by atoms with Crippen LogP contribution in [-0.2, 0) is 14.3 Å². The van der Waals surface area contributed by atoms with Gasteiger partial charge < -0.3 is 19.3 Å². The van der Waals surface area contributed by atoms with Gasteiger partial charge in [0.15, 0.2) is 0 Å². The monoisotopic (exact) mass is 518 g/mol. The Balaban J connectivity index is 1.24. The van der Waals surface area contributed by atoms with Gasteiger partial charge in [0.2, 0.25) is 0 Å². The highest BCUT2D eigenvalue weighted by molar-refractivity contribution is 6.30. The van der Waals surface area contributed by atoms with E-state index in [1.54, 1.807) is 42.5 Å². The number of aliphatic hydroxyl groups excluding tert-OH is 1. The second kappa shape index (κ2) is 11.2. The first-order valence-corrected chi connectivity index (χ1v) is 12.6. The molecule has 1 aliphatic heterocycles.